The summed E-state index contributed by atoms with van der Waals surface area (Å²) in [6.07, 6.45) is 2.72. The summed E-state index contributed by atoms with van der Waals surface area (Å²) in [6.45, 7) is 3.22. The van der Waals surface area contributed by atoms with Crippen LogP contribution in [0.1, 0.15) is 12.8 Å². The van der Waals surface area contributed by atoms with Gasteiger partial charge in [0.1, 0.15) is 0 Å². The van der Waals surface area contributed by atoms with E-state index in [-0.39, 0.29) is 32.7 Å². The molecule has 49 valence electrons. The Balaban J connectivity index is 0.000000405. The molecule has 1 spiro atoms. The molecule has 2 nitrogen and oxygen atoms in total. The largest absolute Gasteiger partial charge is 0.660 e. The molecule has 1 radical (unpaired) electrons. The van der Waals surface area contributed by atoms with E-state index in [1.165, 1.54) is 12.8 Å². The van der Waals surface area contributed by atoms with Crippen molar-refractivity contribution in [2.75, 3.05) is 19.6 Å². The van der Waals surface area contributed by atoms with E-state index in [1.807, 2.05) is 0 Å². The summed E-state index contributed by atoms with van der Waals surface area (Å²) < 4.78 is 0. The number of hydrogen-bond donors (Lipinski definition) is 1. The molecule has 0 aromatic heterocycles. The fraction of sp³-hybridized carbons (Fsp3) is 1.00. The smallest absolute Gasteiger partial charge is 0 e. The minimum atomic E-state index is 0. The molecule has 1 N–H and O–H groups in total. The summed E-state index contributed by atoms with van der Waals surface area (Å²) in [4.78, 5) is 0. The van der Waals surface area contributed by atoms with Crippen molar-refractivity contribution in [3.05, 3.63) is 5.32 Å². The predicted molar refractivity (Wildman–Crippen MR) is 33.1 cm³/mol. The second-order valence-electron chi connectivity index (χ2n) is 2.81. The van der Waals surface area contributed by atoms with Gasteiger partial charge >= 0.3 is 0 Å². The van der Waals surface area contributed by atoms with Crippen molar-refractivity contribution < 1.29 is 32.7 Å². The van der Waals surface area contributed by atoms with Crippen molar-refractivity contribution in [1.82, 2.24) is 5.32 Å². The van der Waals surface area contributed by atoms with Gasteiger partial charge in [-0.25, -0.2) is 0 Å². The Kier molecular flexibility index (Phi) is 2.67. The molecule has 9 heavy (non-hydrogen) atoms. The molecule has 1 saturated heterocycles. The first kappa shape index (κ1) is 8.12. The van der Waals surface area contributed by atoms with Gasteiger partial charge < -0.3 is 10.6 Å². The Morgan fingerprint density at radius 2 is 2.11 bits per heavy atom. The van der Waals surface area contributed by atoms with E-state index in [0.29, 0.717) is 5.54 Å². The van der Waals surface area contributed by atoms with E-state index in [1.54, 1.807) is 0 Å². The second kappa shape index (κ2) is 2.95. The zero-order valence-electron chi connectivity index (χ0n) is 5.56. The van der Waals surface area contributed by atoms with Gasteiger partial charge in [0.2, 0.25) is 0 Å². The van der Waals surface area contributed by atoms with Crippen LogP contribution < -0.4 is 5.32 Å². The molecule has 2 aliphatic rings. The first-order valence-electron chi connectivity index (χ1n) is 3.30. The van der Waals surface area contributed by atoms with E-state index in [0.717, 1.165) is 19.6 Å². The number of nitrogens with one attached hydrogen (secondary N) is 1. The van der Waals surface area contributed by atoms with E-state index in [4.69, 9.17) is 0 Å². The van der Waals surface area contributed by atoms with Gasteiger partial charge in [0, 0.05) is 32.7 Å². The molecule has 2 fully saturated rings. The molecule has 0 unspecified atom stereocenters. The Morgan fingerprint density at radius 1 is 1.33 bits per heavy atom. The van der Waals surface area contributed by atoms with Gasteiger partial charge in [0.15, 0.2) is 0 Å². The van der Waals surface area contributed by atoms with Crippen LogP contribution in [0.25, 0.3) is 5.32 Å². The van der Waals surface area contributed by atoms with Crippen molar-refractivity contribution in [3.8, 4) is 0 Å². The summed E-state index contributed by atoms with van der Waals surface area (Å²) in [7, 11) is 0. The second-order valence-corrected chi connectivity index (χ2v) is 2.81. The zero-order valence-corrected chi connectivity index (χ0v) is 8.40. The van der Waals surface area contributed by atoms with Crippen LogP contribution in [-0.2, 0) is 32.7 Å². The van der Waals surface area contributed by atoms with Crippen molar-refractivity contribution in [2.45, 2.75) is 18.4 Å². The monoisotopic (exact) mass is 200 g/mol. The van der Waals surface area contributed by atoms with Crippen LogP contribution in [0.15, 0.2) is 0 Å². The molecule has 1 saturated carbocycles. The first-order valence-corrected chi connectivity index (χ1v) is 3.30. The van der Waals surface area contributed by atoms with E-state index >= 15 is 0 Å². The van der Waals surface area contributed by atoms with Gasteiger partial charge in [0.25, 0.3) is 0 Å². The predicted octanol–water partition coefficient (Wildman–Crippen LogP) is 0.493. The summed E-state index contributed by atoms with van der Waals surface area (Å²) >= 11 is 0. The molecule has 2 rings (SSSR count). The van der Waals surface area contributed by atoms with Crippen molar-refractivity contribution in [1.29, 1.82) is 0 Å². The molecule has 1 heterocycles. The standard InChI is InChI=1S/C6H11N2.Y/c1-2-6(1)5-7-3-4-8-6;/h8H,1-5H2;/q-1;. The van der Waals surface area contributed by atoms with Crippen molar-refractivity contribution >= 4 is 0 Å². The summed E-state index contributed by atoms with van der Waals surface area (Å²) in [6, 6.07) is 0. The van der Waals surface area contributed by atoms with Crippen LogP contribution >= 0.6 is 0 Å². The number of rotatable bonds is 0. The average molecular weight is 200 g/mol. The molecule has 0 bridgehead atoms. The van der Waals surface area contributed by atoms with Crippen LogP contribution in [0.5, 0.6) is 0 Å². The SMILES string of the molecule is C1CNC2(CC2)C[N-]1.[Y]. The third-order valence-electron chi connectivity index (χ3n) is 2.04. The number of piperazine rings is 1. The van der Waals surface area contributed by atoms with Crippen LogP contribution in [0.2, 0.25) is 0 Å². The van der Waals surface area contributed by atoms with Crippen LogP contribution in [0.4, 0.5) is 0 Å². The summed E-state index contributed by atoms with van der Waals surface area (Å²) in [5.41, 5.74) is 0.512. The Hall–Kier alpha value is 1.02. The molecule has 0 atom stereocenters. The van der Waals surface area contributed by atoms with Crippen molar-refractivity contribution in [3.63, 3.8) is 0 Å². The molecular formula is C6H11N2Y-. The Labute approximate surface area is 81.0 Å². The fourth-order valence-electron chi connectivity index (χ4n) is 1.23. The van der Waals surface area contributed by atoms with Gasteiger partial charge in [-0.05, 0) is 24.9 Å². The maximum atomic E-state index is 4.33. The minimum absolute atomic E-state index is 0. The number of hydrogen-bond acceptors (Lipinski definition) is 1. The van der Waals surface area contributed by atoms with E-state index < -0.39 is 0 Å². The molecule has 0 amide bonds. The van der Waals surface area contributed by atoms with E-state index in [2.05, 4.69) is 10.6 Å². The Bertz CT molecular complexity index is 93.2. The van der Waals surface area contributed by atoms with Gasteiger partial charge in [-0.15, -0.1) is 13.1 Å². The maximum Gasteiger partial charge on any atom is 0 e. The van der Waals surface area contributed by atoms with Gasteiger partial charge in [0.05, 0.1) is 0 Å². The summed E-state index contributed by atoms with van der Waals surface area (Å²) in [5.74, 6) is 0. The van der Waals surface area contributed by atoms with Crippen LogP contribution in [0.3, 0.4) is 0 Å². The normalized spacial score (nSPS) is 29.3. The molecule has 0 aromatic carbocycles. The van der Waals surface area contributed by atoms with Crippen LogP contribution in [0, 0.1) is 0 Å². The fourth-order valence-corrected chi connectivity index (χ4v) is 1.23. The van der Waals surface area contributed by atoms with Gasteiger partial charge in [-0.1, -0.05) is 0 Å². The molecule has 1 aliphatic heterocycles. The topological polar surface area (TPSA) is 26.1 Å². The molecule has 0 aromatic rings. The minimum Gasteiger partial charge on any atom is -0.660 e. The summed E-state index contributed by atoms with van der Waals surface area (Å²) in [5, 5.41) is 7.81. The van der Waals surface area contributed by atoms with Gasteiger partial charge in [-0.3, -0.25) is 0 Å². The Morgan fingerprint density at radius 3 is 2.44 bits per heavy atom. The third-order valence-corrected chi connectivity index (χ3v) is 2.04. The van der Waals surface area contributed by atoms with Gasteiger partial charge in [-0.2, -0.15) is 0 Å². The van der Waals surface area contributed by atoms with Crippen LogP contribution in [-0.4, -0.2) is 25.2 Å². The third kappa shape index (κ3) is 1.73. The number of nitrogens with zero attached hydrogens (tertiary/aromatic N) is 1. The maximum absolute atomic E-state index is 4.33. The molecule has 1 aliphatic carbocycles. The van der Waals surface area contributed by atoms with E-state index in [9.17, 15) is 0 Å². The first-order chi connectivity index (χ1) is 3.91. The average Bonchev–Trinajstić information content (AvgIpc) is 2.52. The zero-order chi connectivity index (χ0) is 5.45. The quantitative estimate of drug-likeness (QED) is 0.605. The molecular weight excluding hydrogens is 189 g/mol. The molecule has 3 heteroatoms. The van der Waals surface area contributed by atoms with Crippen molar-refractivity contribution in [2.24, 2.45) is 0 Å².